The number of rotatable bonds is 4. The van der Waals surface area contributed by atoms with Gasteiger partial charge in [0.2, 0.25) is 0 Å². The second-order valence-corrected chi connectivity index (χ2v) is 3.86. The Bertz CT molecular complexity index is 351. The molecule has 1 aliphatic rings. The highest BCUT2D eigenvalue weighted by Gasteiger charge is 2.17. The van der Waals surface area contributed by atoms with Crippen molar-refractivity contribution in [2.75, 3.05) is 20.8 Å². The Morgan fingerprint density at radius 3 is 2.94 bits per heavy atom. The minimum atomic E-state index is 0.498. The van der Waals surface area contributed by atoms with Crippen LogP contribution < -0.4 is 14.8 Å². The van der Waals surface area contributed by atoms with E-state index in [-0.39, 0.29) is 0 Å². The van der Waals surface area contributed by atoms with Gasteiger partial charge in [-0.3, -0.25) is 0 Å². The van der Waals surface area contributed by atoms with Gasteiger partial charge < -0.3 is 14.8 Å². The van der Waals surface area contributed by atoms with Crippen molar-refractivity contribution < 1.29 is 9.47 Å². The van der Waals surface area contributed by atoms with E-state index in [0.717, 1.165) is 18.8 Å². The summed E-state index contributed by atoms with van der Waals surface area (Å²) in [6, 6.07) is 0.498. The molecule has 0 spiro atoms. The van der Waals surface area contributed by atoms with Crippen LogP contribution in [0.5, 0.6) is 11.6 Å². The molecular weight excluding hydrogens is 206 g/mol. The van der Waals surface area contributed by atoms with Crippen molar-refractivity contribution in [2.24, 2.45) is 0 Å². The molecule has 1 unspecified atom stereocenters. The first kappa shape index (κ1) is 11.1. The first-order valence-electron chi connectivity index (χ1n) is 5.50. The summed E-state index contributed by atoms with van der Waals surface area (Å²) < 4.78 is 10.2. The Morgan fingerprint density at radius 1 is 1.44 bits per heavy atom. The molecule has 1 saturated heterocycles. The van der Waals surface area contributed by atoms with Crippen molar-refractivity contribution in [3.63, 3.8) is 0 Å². The molecule has 0 aliphatic carbocycles. The molecule has 1 aromatic heterocycles. The van der Waals surface area contributed by atoms with E-state index in [0.29, 0.717) is 17.7 Å². The predicted molar refractivity (Wildman–Crippen MR) is 59.9 cm³/mol. The van der Waals surface area contributed by atoms with E-state index in [1.807, 2.05) is 0 Å². The minimum Gasteiger partial charge on any atom is -0.490 e. The van der Waals surface area contributed by atoms with Gasteiger partial charge in [-0.05, 0) is 19.4 Å². The van der Waals surface area contributed by atoms with Crippen LogP contribution in [0.1, 0.15) is 18.7 Å². The molecule has 1 N–H and O–H groups in total. The quantitative estimate of drug-likeness (QED) is 0.817. The molecule has 0 amide bonds. The maximum atomic E-state index is 5.14. The van der Waals surface area contributed by atoms with Gasteiger partial charge >= 0.3 is 0 Å². The van der Waals surface area contributed by atoms with Crippen LogP contribution in [0.4, 0.5) is 0 Å². The van der Waals surface area contributed by atoms with Crippen LogP contribution in [0, 0.1) is 0 Å². The van der Waals surface area contributed by atoms with Crippen LogP contribution in [0.15, 0.2) is 6.20 Å². The maximum absolute atomic E-state index is 5.14. The fourth-order valence-corrected chi connectivity index (χ4v) is 1.93. The fraction of sp³-hybridized carbons (Fsp3) is 0.636. The van der Waals surface area contributed by atoms with Gasteiger partial charge in [0.25, 0.3) is 5.88 Å². The molecule has 2 heterocycles. The molecule has 5 nitrogen and oxygen atoms in total. The van der Waals surface area contributed by atoms with Crippen molar-refractivity contribution in [3.05, 3.63) is 12.0 Å². The smallest absolute Gasteiger partial charge is 0.260 e. The zero-order valence-electron chi connectivity index (χ0n) is 9.69. The second-order valence-electron chi connectivity index (χ2n) is 3.86. The molecule has 88 valence electrons. The number of hydrogen-bond acceptors (Lipinski definition) is 5. The first-order chi connectivity index (χ1) is 7.83. The summed E-state index contributed by atoms with van der Waals surface area (Å²) in [4.78, 5) is 8.59. The molecule has 2 rings (SSSR count). The highest BCUT2D eigenvalue weighted by atomic mass is 16.5. The number of aromatic nitrogens is 2. The predicted octanol–water partition coefficient (Wildman–Crippen LogP) is 0.788. The molecule has 0 radical (unpaired) electrons. The van der Waals surface area contributed by atoms with Crippen LogP contribution in [0.3, 0.4) is 0 Å². The lowest BCUT2D eigenvalue weighted by molar-refractivity contribution is 0.338. The second kappa shape index (κ2) is 5.12. The average Bonchev–Trinajstić information content (AvgIpc) is 2.81. The van der Waals surface area contributed by atoms with Crippen LogP contribution >= 0.6 is 0 Å². The van der Waals surface area contributed by atoms with Gasteiger partial charge in [0.05, 0.1) is 20.4 Å². The molecule has 0 saturated carbocycles. The van der Waals surface area contributed by atoms with Crippen LogP contribution in [-0.4, -0.2) is 36.8 Å². The highest BCUT2D eigenvalue weighted by molar-refractivity contribution is 5.30. The van der Waals surface area contributed by atoms with Crippen LogP contribution in [-0.2, 0) is 6.42 Å². The van der Waals surface area contributed by atoms with Gasteiger partial charge in [-0.2, -0.15) is 4.98 Å². The molecule has 0 bridgehead atoms. The molecule has 5 heteroatoms. The summed E-state index contributed by atoms with van der Waals surface area (Å²) in [6.07, 6.45) is 4.94. The number of ether oxygens (including phenoxy) is 2. The van der Waals surface area contributed by atoms with E-state index in [1.54, 1.807) is 20.4 Å². The molecule has 16 heavy (non-hydrogen) atoms. The third kappa shape index (κ3) is 2.41. The third-order valence-electron chi connectivity index (χ3n) is 2.78. The Morgan fingerprint density at radius 2 is 2.31 bits per heavy atom. The van der Waals surface area contributed by atoms with Gasteiger partial charge in [-0.15, -0.1) is 0 Å². The lowest BCUT2D eigenvalue weighted by Crippen LogP contribution is -2.24. The molecule has 1 fully saturated rings. The van der Waals surface area contributed by atoms with E-state index in [1.165, 1.54) is 12.8 Å². The zero-order valence-corrected chi connectivity index (χ0v) is 9.69. The summed E-state index contributed by atoms with van der Waals surface area (Å²) in [5.41, 5.74) is 0. The van der Waals surface area contributed by atoms with Gasteiger partial charge in [-0.1, -0.05) is 0 Å². The maximum Gasteiger partial charge on any atom is 0.260 e. The van der Waals surface area contributed by atoms with Gasteiger partial charge in [0.1, 0.15) is 5.82 Å². The summed E-state index contributed by atoms with van der Waals surface area (Å²) in [5, 5.41) is 3.42. The SMILES string of the molecule is COc1cnc(CC2CCCN2)nc1OC. The Balaban J connectivity index is 2.09. The van der Waals surface area contributed by atoms with Gasteiger partial charge in [-0.25, -0.2) is 4.98 Å². The molecular formula is C11H17N3O2. The number of methoxy groups -OCH3 is 2. The molecule has 1 atom stereocenters. The lowest BCUT2D eigenvalue weighted by Gasteiger charge is -2.10. The molecule has 0 aromatic carbocycles. The minimum absolute atomic E-state index is 0.498. The molecule has 1 aliphatic heterocycles. The van der Waals surface area contributed by atoms with E-state index in [2.05, 4.69) is 15.3 Å². The Labute approximate surface area is 95.2 Å². The standard InChI is InChI=1S/C11H17N3O2/c1-15-9-7-13-10(14-11(9)16-2)6-8-4-3-5-12-8/h7-8,12H,3-6H2,1-2H3. The van der Waals surface area contributed by atoms with E-state index in [4.69, 9.17) is 9.47 Å². The number of hydrogen-bond donors (Lipinski definition) is 1. The van der Waals surface area contributed by atoms with Gasteiger partial charge in [0.15, 0.2) is 5.75 Å². The topological polar surface area (TPSA) is 56.3 Å². The van der Waals surface area contributed by atoms with Crippen LogP contribution in [0.25, 0.3) is 0 Å². The Hall–Kier alpha value is -1.36. The monoisotopic (exact) mass is 223 g/mol. The summed E-state index contributed by atoms with van der Waals surface area (Å²) in [5.74, 6) is 1.88. The first-order valence-corrected chi connectivity index (χ1v) is 5.50. The normalized spacial score (nSPS) is 19.8. The van der Waals surface area contributed by atoms with E-state index >= 15 is 0 Å². The lowest BCUT2D eigenvalue weighted by atomic mass is 10.1. The third-order valence-corrected chi connectivity index (χ3v) is 2.78. The van der Waals surface area contributed by atoms with Crippen molar-refractivity contribution in [1.82, 2.24) is 15.3 Å². The van der Waals surface area contributed by atoms with Crippen LogP contribution in [0.2, 0.25) is 0 Å². The van der Waals surface area contributed by atoms with Gasteiger partial charge in [0, 0.05) is 12.5 Å². The van der Waals surface area contributed by atoms with Crippen molar-refractivity contribution in [3.8, 4) is 11.6 Å². The fourth-order valence-electron chi connectivity index (χ4n) is 1.93. The average molecular weight is 223 g/mol. The highest BCUT2D eigenvalue weighted by Crippen LogP contribution is 2.23. The van der Waals surface area contributed by atoms with Crippen molar-refractivity contribution in [2.45, 2.75) is 25.3 Å². The number of nitrogens with zero attached hydrogens (tertiary/aromatic N) is 2. The van der Waals surface area contributed by atoms with E-state index < -0.39 is 0 Å². The summed E-state index contributed by atoms with van der Waals surface area (Å²) >= 11 is 0. The molecule has 1 aromatic rings. The Kier molecular flexibility index (Phi) is 3.56. The number of nitrogens with one attached hydrogen (secondary N) is 1. The summed E-state index contributed by atoms with van der Waals surface area (Å²) in [7, 11) is 3.17. The van der Waals surface area contributed by atoms with E-state index in [9.17, 15) is 0 Å². The summed E-state index contributed by atoms with van der Waals surface area (Å²) in [6.45, 7) is 1.10. The largest absolute Gasteiger partial charge is 0.490 e. The zero-order chi connectivity index (χ0) is 11.4. The van der Waals surface area contributed by atoms with Crippen molar-refractivity contribution >= 4 is 0 Å². The van der Waals surface area contributed by atoms with Crippen molar-refractivity contribution in [1.29, 1.82) is 0 Å².